The zero-order valence-corrected chi connectivity index (χ0v) is 10.9. The summed E-state index contributed by atoms with van der Waals surface area (Å²) in [5.74, 6) is 0.975. The molecule has 0 radical (unpaired) electrons. The molecule has 0 aliphatic rings. The van der Waals surface area contributed by atoms with Crippen LogP contribution in [0.3, 0.4) is 0 Å². The molecule has 4 heteroatoms. The Morgan fingerprint density at radius 3 is 2.76 bits per heavy atom. The van der Waals surface area contributed by atoms with Gasteiger partial charge in [0.05, 0.1) is 6.04 Å². The molecule has 2 aromatic rings. The Hall–Kier alpha value is -1.39. The maximum absolute atomic E-state index is 5.56. The van der Waals surface area contributed by atoms with E-state index in [9.17, 15) is 0 Å². The second-order valence-electron chi connectivity index (χ2n) is 4.03. The zero-order valence-electron chi connectivity index (χ0n) is 10.1. The maximum Gasteiger partial charge on any atom is 0.128 e. The molecule has 0 aromatic carbocycles. The Bertz CT molecular complexity index is 450. The molecule has 90 valence electrons. The monoisotopic (exact) mass is 247 g/mol. The molecule has 0 aliphatic heterocycles. The van der Waals surface area contributed by atoms with E-state index in [0.29, 0.717) is 12.6 Å². The molecule has 2 heterocycles. The highest BCUT2D eigenvalue weighted by Crippen LogP contribution is 2.26. The SMILES string of the molecule is CC(c1cccs1)N(C)c1ccc(CN)cn1. The first kappa shape index (κ1) is 12.1. The molecular weight excluding hydrogens is 230 g/mol. The van der Waals surface area contributed by atoms with Crippen molar-refractivity contribution < 1.29 is 0 Å². The van der Waals surface area contributed by atoms with Crippen LogP contribution < -0.4 is 10.6 Å². The molecule has 2 N–H and O–H groups in total. The van der Waals surface area contributed by atoms with Crippen molar-refractivity contribution in [2.75, 3.05) is 11.9 Å². The van der Waals surface area contributed by atoms with Crippen molar-refractivity contribution in [2.45, 2.75) is 19.5 Å². The predicted octanol–water partition coefficient (Wildman–Crippen LogP) is 2.80. The van der Waals surface area contributed by atoms with Crippen molar-refractivity contribution in [1.82, 2.24) is 4.98 Å². The number of thiophene rings is 1. The van der Waals surface area contributed by atoms with Crippen LogP contribution >= 0.6 is 11.3 Å². The van der Waals surface area contributed by atoms with Gasteiger partial charge in [-0.25, -0.2) is 4.98 Å². The van der Waals surface area contributed by atoms with Gasteiger partial charge in [0.1, 0.15) is 5.82 Å². The van der Waals surface area contributed by atoms with Gasteiger partial charge in [-0.2, -0.15) is 0 Å². The third-order valence-electron chi connectivity index (χ3n) is 2.94. The summed E-state index contributed by atoms with van der Waals surface area (Å²) in [6, 6.07) is 8.62. The number of nitrogens with two attached hydrogens (primary N) is 1. The third-order valence-corrected chi connectivity index (χ3v) is 3.98. The lowest BCUT2D eigenvalue weighted by Gasteiger charge is -2.25. The molecule has 1 atom stereocenters. The quantitative estimate of drug-likeness (QED) is 0.903. The van der Waals surface area contributed by atoms with Crippen LogP contribution in [0.1, 0.15) is 23.4 Å². The van der Waals surface area contributed by atoms with Crippen LogP contribution in [-0.4, -0.2) is 12.0 Å². The van der Waals surface area contributed by atoms with Crippen molar-refractivity contribution in [3.63, 3.8) is 0 Å². The first-order valence-corrected chi connectivity index (χ1v) is 6.51. The minimum absolute atomic E-state index is 0.339. The maximum atomic E-state index is 5.56. The normalized spacial score (nSPS) is 12.4. The van der Waals surface area contributed by atoms with E-state index in [-0.39, 0.29) is 0 Å². The Balaban J connectivity index is 2.16. The fourth-order valence-electron chi connectivity index (χ4n) is 1.66. The van der Waals surface area contributed by atoms with Gasteiger partial charge in [-0.05, 0) is 30.0 Å². The highest BCUT2D eigenvalue weighted by Gasteiger charge is 2.13. The lowest BCUT2D eigenvalue weighted by molar-refractivity contribution is 0.741. The van der Waals surface area contributed by atoms with Crippen LogP contribution in [0.15, 0.2) is 35.8 Å². The van der Waals surface area contributed by atoms with Gasteiger partial charge in [-0.15, -0.1) is 11.3 Å². The molecule has 17 heavy (non-hydrogen) atoms. The molecule has 1 unspecified atom stereocenters. The fourth-order valence-corrected chi connectivity index (χ4v) is 2.49. The molecule has 3 nitrogen and oxygen atoms in total. The van der Waals surface area contributed by atoms with Gasteiger partial charge in [0.2, 0.25) is 0 Å². The number of nitrogens with zero attached hydrogens (tertiary/aromatic N) is 2. The number of rotatable bonds is 4. The first-order chi connectivity index (χ1) is 8.22. The first-order valence-electron chi connectivity index (χ1n) is 5.63. The number of pyridine rings is 1. The summed E-state index contributed by atoms with van der Waals surface area (Å²) in [6.45, 7) is 2.72. The molecule has 0 bridgehead atoms. The number of aromatic nitrogens is 1. The van der Waals surface area contributed by atoms with Crippen LogP contribution in [0.25, 0.3) is 0 Å². The fraction of sp³-hybridized carbons (Fsp3) is 0.308. The molecule has 0 saturated heterocycles. The Morgan fingerprint density at radius 2 is 2.24 bits per heavy atom. The van der Waals surface area contributed by atoms with E-state index in [1.807, 2.05) is 18.3 Å². The number of hydrogen-bond donors (Lipinski definition) is 1. The average Bonchev–Trinajstić information content (AvgIpc) is 2.91. The minimum Gasteiger partial charge on any atom is -0.352 e. The Kier molecular flexibility index (Phi) is 3.76. The van der Waals surface area contributed by atoms with Crippen LogP contribution in [0.2, 0.25) is 0 Å². The van der Waals surface area contributed by atoms with Gasteiger partial charge in [0.25, 0.3) is 0 Å². The Labute approximate surface area is 106 Å². The lowest BCUT2D eigenvalue weighted by atomic mass is 10.2. The summed E-state index contributed by atoms with van der Waals surface area (Å²) >= 11 is 1.77. The molecule has 0 amide bonds. The second-order valence-corrected chi connectivity index (χ2v) is 5.01. The van der Waals surface area contributed by atoms with Gasteiger partial charge in [0.15, 0.2) is 0 Å². The van der Waals surface area contributed by atoms with E-state index in [4.69, 9.17) is 5.73 Å². The predicted molar refractivity (Wildman–Crippen MR) is 73.3 cm³/mol. The van der Waals surface area contributed by atoms with Gasteiger partial charge >= 0.3 is 0 Å². The van der Waals surface area contributed by atoms with E-state index < -0.39 is 0 Å². The standard InChI is InChI=1S/C13H17N3S/c1-10(12-4-3-7-17-12)16(2)13-6-5-11(8-14)9-15-13/h3-7,9-10H,8,14H2,1-2H3. The summed E-state index contributed by atoms with van der Waals surface area (Å²) in [7, 11) is 2.06. The van der Waals surface area contributed by atoms with Crippen LogP contribution in [0, 0.1) is 0 Å². The van der Waals surface area contributed by atoms with E-state index in [0.717, 1.165) is 11.4 Å². The topological polar surface area (TPSA) is 42.1 Å². The smallest absolute Gasteiger partial charge is 0.128 e. The van der Waals surface area contributed by atoms with E-state index >= 15 is 0 Å². The van der Waals surface area contributed by atoms with Crippen molar-refractivity contribution in [3.05, 3.63) is 46.3 Å². The Morgan fingerprint density at radius 1 is 1.41 bits per heavy atom. The second kappa shape index (κ2) is 5.29. The van der Waals surface area contributed by atoms with E-state index in [2.05, 4.69) is 41.4 Å². The third kappa shape index (κ3) is 2.65. The number of hydrogen-bond acceptors (Lipinski definition) is 4. The van der Waals surface area contributed by atoms with Gasteiger partial charge in [0, 0.05) is 24.7 Å². The van der Waals surface area contributed by atoms with Crippen molar-refractivity contribution in [2.24, 2.45) is 5.73 Å². The number of anilines is 1. The van der Waals surface area contributed by atoms with Crippen LogP contribution in [0.5, 0.6) is 0 Å². The largest absolute Gasteiger partial charge is 0.352 e. The highest BCUT2D eigenvalue weighted by molar-refractivity contribution is 7.10. The van der Waals surface area contributed by atoms with E-state index in [1.54, 1.807) is 11.3 Å². The lowest BCUT2D eigenvalue weighted by Crippen LogP contribution is -2.21. The minimum atomic E-state index is 0.339. The van der Waals surface area contributed by atoms with Gasteiger partial charge in [-0.3, -0.25) is 0 Å². The molecule has 0 fully saturated rings. The zero-order chi connectivity index (χ0) is 12.3. The molecule has 2 rings (SSSR count). The summed E-state index contributed by atoms with van der Waals surface area (Å²) in [6.07, 6.45) is 1.84. The highest BCUT2D eigenvalue weighted by atomic mass is 32.1. The van der Waals surface area contributed by atoms with Gasteiger partial charge in [-0.1, -0.05) is 12.1 Å². The van der Waals surface area contributed by atoms with E-state index in [1.165, 1.54) is 4.88 Å². The summed E-state index contributed by atoms with van der Waals surface area (Å²) in [4.78, 5) is 7.95. The molecule has 0 saturated carbocycles. The van der Waals surface area contributed by atoms with Gasteiger partial charge < -0.3 is 10.6 Å². The van der Waals surface area contributed by atoms with Crippen molar-refractivity contribution in [1.29, 1.82) is 0 Å². The van der Waals surface area contributed by atoms with Crippen LogP contribution in [0.4, 0.5) is 5.82 Å². The molecule has 0 spiro atoms. The average molecular weight is 247 g/mol. The molecule has 0 aliphatic carbocycles. The van der Waals surface area contributed by atoms with Crippen molar-refractivity contribution in [3.8, 4) is 0 Å². The van der Waals surface area contributed by atoms with Crippen molar-refractivity contribution >= 4 is 17.2 Å². The summed E-state index contributed by atoms with van der Waals surface area (Å²) in [5.41, 5.74) is 6.62. The van der Waals surface area contributed by atoms with Crippen LogP contribution in [-0.2, 0) is 6.54 Å². The summed E-state index contributed by atoms with van der Waals surface area (Å²) < 4.78 is 0. The summed E-state index contributed by atoms with van der Waals surface area (Å²) in [5, 5.41) is 2.10. The molecular formula is C13H17N3S. The molecule has 2 aromatic heterocycles.